The molecule has 6 aromatic carbocycles. The summed E-state index contributed by atoms with van der Waals surface area (Å²) in [5.41, 5.74) is 19.6. The van der Waals surface area contributed by atoms with Crippen LogP contribution >= 0.6 is 0 Å². The van der Waals surface area contributed by atoms with Crippen molar-refractivity contribution >= 4 is 61.7 Å². The lowest BCUT2D eigenvalue weighted by Crippen LogP contribution is -2.56. The molecule has 44 heavy (non-hydrogen) atoms. The lowest BCUT2D eigenvalue weighted by atomic mass is 9.34. The minimum atomic E-state index is 0.159. The molecule has 0 spiro atoms. The molecule has 0 unspecified atom stereocenters. The highest BCUT2D eigenvalue weighted by atomic mass is 15.2. The Labute approximate surface area is 256 Å². The lowest BCUT2D eigenvalue weighted by Gasteiger charge is -2.29. The highest BCUT2D eigenvalue weighted by Gasteiger charge is 2.37. The Kier molecular flexibility index (Phi) is 4.71. The van der Waals surface area contributed by atoms with Crippen molar-refractivity contribution in [2.24, 2.45) is 0 Å². The molecule has 0 bridgehead atoms. The zero-order valence-electron chi connectivity index (χ0n) is 25.1. The van der Waals surface area contributed by atoms with Crippen LogP contribution in [0.1, 0.15) is 27.8 Å². The largest absolute Gasteiger partial charge is 0.279 e. The van der Waals surface area contributed by atoms with E-state index < -0.39 is 0 Å². The zero-order chi connectivity index (χ0) is 29.3. The molecule has 0 amide bonds. The summed E-state index contributed by atoms with van der Waals surface area (Å²) in [6, 6.07) is 38.3. The van der Waals surface area contributed by atoms with Crippen molar-refractivity contribution in [3.63, 3.8) is 0 Å². The Morgan fingerprint density at radius 1 is 0.659 bits per heavy atom. The fraction of sp³-hybridized carbons (Fsp3) is 0.125. The van der Waals surface area contributed by atoms with Gasteiger partial charge in [-0.25, -0.2) is 4.98 Å². The molecule has 1 aliphatic heterocycles. The summed E-state index contributed by atoms with van der Waals surface area (Å²) < 4.78 is 4.96. The maximum Gasteiger partial charge on any atom is 0.247 e. The van der Waals surface area contributed by atoms with E-state index in [1.807, 2.05) is 0 Å². The van der Waals surface area contributed by atoms with E-state index in [9.17, 15) is 0 Å². The van der Waals surface area contributed by atoms with Crippen molar-refractivity contribution in [3.05, 3.63) is 131 Å². The Morgan fingerprint density at radius 3 is 2.25 bits per heavy atom. The quantitative estimate of drug-likeness (QED) is 0.210. The van der Waals surface area contributed by atoms with Gasteiger partial charge < -0.3 is 0 Å². The zero-order valence-corrected chi connectivity index (χ0v) is 25.1. The molecule has 0 saturated carbocycles. The van der Waals surface area contributed by atoms with Crippen LogP contribution in [-0.2, 0) is 12.8 Å². The summed E-state index contributed by atoms with van der Waals surface area (Å²) in [5.74, 6) is 0.977. The van der Waals surface area contributed by atoms with Crippen LogP contribution in [0.25, 0.3) is 55.4 Å². The second-order valence-corrected chi connectivity index (χ2v) is 12.9. The third-order valence-corrected chi connectivity index (χ3v) is 10.3. The van der Waals surface area contributed by atoms with Gasteiger partial charge in [0.2, 0.25) is 12.5 Å². The second-order valence-electron chi connectivity index (χ2n) is 12.9. The van der Waals surface area contributed by atoms with Crippen molar-refractivity contribution in [2.45, 2.75) is 33.6 Å². The third-order valence-electron chi connectivity index (χ3n) is 10.3. The SMILES string of the molecule is Cc1cc2c3c(c1)nc1n(-c4ccccc4-c4ccccc4)c4ccc5c6c(cc(c(c64)n31)B2c1c(C)cccc1C)CC5. The molecule has 10 rings (SSSR count). The number of aryl methyl sites for hydroxylation is 5. The van der Waals surface area contributed by atoms with Crippen LogP contribution in [0, 0.1) is 20.8 Å². The number of imidazole rings is 1. The maximum atomic E-state index is 5.51. The molecule has 0 atom stereocenters. The van der Waals surface area contributed by atoms with Crippen LogP contribution in [0.3, 0.4) is 0 Å². The van der Waals surface area contributed by atoms with E-state index in [0.29, 0.717) is 0 Å². The average Bonchev–Trinajstić information content (AvgIpc) is 3.63. The van der Waals surface area contributed by atoms with Crippen LogP contribution in [0.4, 0.5) is 0 Å². The molecule has 3 nitrogen and oxygen atoms in total. The summed E-state index contributed by atoms with van der Waals surface area (Å²) >= 11 is 0. The predicted molar refractivity (Wildman–Crippen MR) is 185 cm³/mol. The van der Waals surface area contributed by atoms with Crippen LogP contribution in [0.15, 0.2) is 103 Å². The summed E-state index contributed by atoms with van der Waals surface area (Å²) in [6.45, 7) is 6.94. The first-order chi connectivity index (χ1) is 21.6. The Balaban J connectivity index is 1.46. The van der Waals surface area contributed by atoms with E-state index in [2.05, 4.69) is 133 Å². The first-order valence-electron chi connectivity index (χ1n) is 15.7. The van der Waals surface area contributed by atoms with Gasteiger partial charge in [0.25, 0.3) is 0 Å². The topological polar surface area (TPSA) is 22.2 Å². The highest BCUT2D eigenvalue weighted by molar-refractivity contribution is 6.99. The summed E-state index contributed by atoms with van der Waals surface area (Å²) in [6.07, 6.45) is 2.19. The number of para-hydroxylation sites is 1. The Hall–Kier alpha value is -5.09. The van der Waals surface area contributed by atoms with Gasteiger partial charge in [0, 0.05) is 10.9 Å². The third kappa shape index (κ3) is 3.00. The first kappa shape index (κ1) is 24.4. The van der Waals surface area contributed by atoms with Crippen molar-refractivity contribution in [1.29, 1.82) is 0 Å². The fourth-order valence-electron chi connectivity index (χ4n) is 8.63. The summed E-state index contributed by atoms with van der Waals surface area (Å²) in [5, 5.41) is 2.83. The van der Waals surface area contributed by atoms with Crippen molar-refractivity contribution in [1.82, 2.24) is 14.0 Å². The molecule has 8 aromatic rings. The van der Waals surface area contributed by atoms with Crippen LogP contribution in [0.5, 0.6) is 0 Å². The monoisotopic (exact) mass is 563 g/mol. The number of hydrogen-bond donors (Lipinski definition) is 0. The maximum absolute atomic E-state index is 5.51. The minimum absolute atomic E-state index is 0.159. The number of nitrogens with zero attached hydrogens (tertiary/aromatic N) is 3. The molecule has 208 valence electrons. The lowest BCUT2D eigenvalue weighted by molar-refractivity contribution is 1.02. The van der Waals surface area contributed by atoms with E-state index in [1.54, 1.807) is 0 Å². The standard InChI is InChI=1S/C40H30BN3/c1-23-20-30-38-32(21-23)42-40-43(33-15-8-7-14-29(33)26-12-5-4-6-13-26)34-19-18-27-16-17-28-22-31(39(44(38)40)36(34)35(27)28)41(30)37-24(2)10-9-11-25(37)3/h4-15,18-22H,16-17H2,1-3H3. The average molecular weight is 564 g/mol. The number of rotatable bonds is 3. The molecular weight excluding hydrogens is 533 g/mol. The molecule has 0 radical (unpaired) electrons. The molecule has 2 aliphatic rings. The number of aromatic nitrogens is 3. The molecule has 0 fully saturated rings. The van der Waals surface area contributed by atoms with E-state index in [4.69, 9.17) is 4.98 Å². The smallest absolute Gasteiger partial charge is 0.247 e. The van der Waals surface area contributed by atoms with Gasteiger partial charge >= 0.3 is 0 Å². The van der Waals surface area contributed by atoms with E-state index in [-0.39, 0.29) is 6.71 Å². The minimum Gasteiger partial charge on any atom is -0.279 e. The number of benzene rings is 6. The Morgan fingerprint density at radius 2 is 1.41 bits per heavy atom. The van der Waals surface area contributed by atoms with Gasteiger partial charge in [-0.15, -0.1) is 0 Å². The van der Waals surface area contributed by atoms with Crippen molar-refractivity contribution in [3.8, 4) is 16.8 Å². The normalized spacial score (nSPS) is 13.6. The molecule has 0 N–H and O–H groups in total. The van der Waals surface area contributed by atoms with Crippen LogP contribution in [-0.4, -0.2) is 20.7 Å². The Bertz CT molecular complexity index is 2510. The summed E-state index contributed by atoms with van der Waals surface area (Å²) in [4.78, 5) is 5.51. The molecule has 4 heteroatoms. The highest BCUT2D eigenvalue weighted by Crippen LogP contribution is 2.41. The van der Waals surface area contributed by atoms with E-state index >= 15 is 0 Å². The first-order valence-corrected chi connectivity index (χ1v) is 15.7. The van der Waals surface area contributed by atoms with Gasteiger partial charge in [0.15, 0.2) is 0 Å². The number of hydrogen-bond acceptors (Lipinski definition) is 1. The fourth-order valence-corrected chi connectivity index (χ4v) is 8.63. The molecule has 3 heterocycles. The van der Waals surface area contributed by atoms with Gasteiger partial charge in [-0.3, -0.25) is 8.97 Å². The van der Waals surface area contributed by atoms with Crippen LogP contribution < -0.4 is 16.4 Å². The molecule has 1 aliphatic carbocycles. The van der Waals surface area contributed by atoms with Gasteiger partial charge in [-0.05, 0) is 90.4 Å². The van der Waals surface area contributed by atoms with E-state index in [1.165, 1.54) is 82.7 Å². The van der Waals surface area contributed by atoms with Crippen LogP contribution in [0.2, 0.25) is 0 Å². The van der Waals surface area contributed by atoms with Crippen molar-refractivity contribution in [2.75, 3.05) is 0 Å². The van der Waals surface area contributed by atoms with E-state index in [0.717, 1.165) is 29.8 Å². The predicted octanol–water partition coefficient (Wildman–Crippen LogP) is 7.11. The van der Waals surface area contributed by atoms with Gasteiger partial charge in [-0.1, -0.05) is 102 Å². The van der Waals surface area contributed by atoms with Gasteiger partial charge in [0.1, 0.15) is 0 Å². The van der Waals surface area contributed by atoms with Crippen molar-refractivity contribution < 1.29 is 0 Å². The second kappa shape index (κ2) is 8.51. The van der Waals surface area contributed by atoms with Gasteiger partial charge in [-0.2, -0.15) is 0 Å². The molecular formula is C40H30BN3. The van der Waals surface area contributed by atoms with Gasteiger partial charge in [0.05, 0.1) is 27.8 Å². The molecule has 2 aromatic heterocycles. The molecule has 0 saturated heterocycles. The summed E-state index contributed by atoms with van der Waals surface area (Å²) in [7, 11) is 0.